The lowest BCUT2D eigenvalue weighted by atomic mass is 9.87. The molecule has 0 bridgehead atoms. The number of pyridine rings is 1. The van der Waals surface area contributed by atoms with E-state index in [-0.39, 0.29) is 42.3 Å². The average molecular weight is 489 g/mol. The molecule has 2 aliphatic rings. The maximum Gasteiger partial charge on any atom is 0.420 e. The second-order valence-electron chi connectivity index (χ2n) is 9.59. The zero-order chi connectivity index (χ0) is 24.5. The summed E-state index contributed by atoms with van der Waals surface area (Å²) in [5, 5.41) is -0.0530. The summed E-state index contributed by atoms with van der Waals surface area (Å²) in [6, 6.07) is 5.84. The number of alkyl halides is 6. The van der Waals surface area contributed by atoms with E-state index in [0.29, 0.717) is 12.5 Å². The summed E-state index contributed by atoms with van der Waals surface area (Å²) in [5.41, 5.74) is 0.0459. The summed E-state index contributed by atoms with van der Waals surface area (Å²) < 4.78 is 86.5. The molecule has 0 spiro atoms. The molecular weight excluding hydrogens is 458 g/mol. The average Bonchev–Trinajstić information content (AvgIpc) is 2.78. The zero-order valence-electron chi connectivity index (χ0n) is 19.2. The molecule has 2 aromatic rings. The van der Waals surface area contributed by atoms with Crippen molar-refractivity contribution < 1.29 is 31.1 Å². The van der Waals surface area contributed by atoms with Crippen LogP contribution >= 0.6 is 0 Å². The van der Waals surface area contributed by atoms with Crippen molar-refractivity contribution in [3.8, 4) is 5.75 Å². The Balaban J connectivity index is 1.54. The number of benzene rings is 1. The highest BCUT2D eigenvalue weighted by atomic mass is 19.4. The molecular formula is C25H30F6N2O. The Morgan fingerprint density at radius 3 is 2.35 bits per heavy atom. The van der Waals surface area contributed by atoms with Gasteiger partial charge < -0.3 is 4.74 Å². The van der Waals surface area contributed by atoms with Crippen LogP contribution in [0.5, 0.6) is 5.75 Å². The fourth-order valence-corrected chi connectivity index (χ4v) is 5.25. The number of ether oxygens (including phenoxy) is 1. The lowest BCUT2D eigenvalue weighted by Gasteiger charge is -2.32. The van der Waals surface area contributed by atoms with Crippen molar-refractivity contribution in [2.75, 3.05) is 13.1 Å². The molecule has 34 heavy (non-hydrogen) atoms. The van der Waals surface area contributed by atoms with E-state index in [0.717, 1.165) is 31.6 Å². The molecule has 1 saturated heterocycles. The van der Waals surface area contributed by atoms with Crippen LogP contribution in [0.1, 0.15) is 63.1 Å². The van der Waals surface area contributed by atoms with Crippen molar-refractivity contribution >= 4 is 10.9 Å². The molecule has 0 amide bonds. The van der Waals surface area contributed by atoms with Gasteiger partial charge in [-0.1, -0.05) is 19.4 Å². The predicted molar refractivity (Wildman–Crippen MR) is 117 cm³/mol. The molecule has 1 saturated carbocycles. The van der Waals surface area contributed by atoms with Crippen LogP contribution in [0.2, 0.25) is 0 Å². The molecule has 3 nitrogen and oxygen atoms in total. The molecule has 2 heterocycles. The van der Waals surface area contributed by atoms with Gasteiger partial charge in [0.15, 0.2) is 0 Å². The molecule has 1 aliphatic carbocycles. The minimum absolute atomic E-state index is 0.0530. The first-order valence-corrected chi connectivity index (χ1v) is 12.0. The Labute approximate surface area is 195 Å². The van der Waals surface area contributed by atoms with E-state index in [1.54, 1.807) is 6.07 Å². The van der Waals surface area contributed by atoms with Crippen molar-refractivity contribution in [2.45, 2.75) is 76.9 Å². The van der Waals surface area contributed by atoms with Gasteiger partial charge in [0.1, 0.15) is 11.3 Å². The number of hydrogen-bond acceptors (Lipinski definition) is 3. The van der Waals surface area contributed by atoms with Crippen molar-refractivity contribution in [3.05, 3.63) is 35.5 Å². The van der Waals surface area contributed by atoms with E-state index in [9.17, 15) is 26.3 Å². The van der Waals surface area contributed by atoms with Crippen LogP contribution in [0.4, 0.5) is 26.3 Å². The Hall–Kier alpha value is -2.03. The standard InChI is InChI=1S/C25H30F6N2O/c1-2-16-4-3-13-33(14-16)15-18-7-10-20-21(32-18)11-12-22(23(20)25(29,30)31)34-19-8-5-17(6-9-19)24(26,27)28/h7,10-12,16-17,19H,2-6,8-9,13-15H2,1H3. The predicted octanol–water partition coefficient (Wildman–Crippen LogP) is 7.38. The van der Waals surface area contributed by atoms with Crippen LogP contribution in [-0.4, -0.2) is 35.3 Å². The van der Waals surface area contributed by atoms with Gasteiger partial charge in [0.2, 0.25) is 0 Å². The maximum absolute atomic E-state index is 14.0. The van der Waals surface area contributed by atoms with Gasteiger partial charge in [-0.2, -0.15) is 26.3 Å². The fourth-order valence-electron chi connectivity index (χ4n) is 5.25. The number of likely N-dealkylation sites (tertiary alicyclic amines) is 1. The Morgan fingerprint density at radius 2 is 1.71 bits per heavy atom. The minimum Gasteiger partial charge on any atom is -0.490 e. The third-order valence-electron chi connectivity index (χ3n) is 7.17. The zero-order valence-corrected chi connectivity index (χ0v) is 19.2. The highest BCUT2D eigenvalue weighted by molar-refractivity contribution is 5.85. The van der Waals surface area contributed by atoms with E-state index in [4.69, 9.17) is 4.74 Å². The summed E-state index contributed by atoms with van der Waals surface area (Å²) >= 11 is 0. The van der Waals surface area contributed by atoms with Crippen LogP contribution in [0.25, 0.3) is 10.9 Å². The number of piperidine rings is 1. The molecule has 0 radical (unpaired) electrons. The van der Waals surface area contributed by atoms with Crippen molar-refractivity contribution in [1.82, 2.24) is 9.88 Å². The summed E-state index contributed by atoms with van der Waals surface area (Å²) in [5.74, 6) is -1.12. The van der Waals surface area contributed by atoms with Crippen molar-refractivity contribution in [3.63, 3.8) is 0 Å². The van der Waals surface area contributed by atoms with E-state index in [1.165, 1.54) is 24.6 Å². The van der Waals surface area contributed by atoms with Gasteiger partial charge in [-0.25, -0.2) is 0 Å². The number of halogens is 6. The third kappa shape index (κ3) is 5.78. The molecule has 1 aromatic carbocycles. The minimum atomic E-state index is -4.68. The summed E-state index contributed by atoms with van der Waals surface area (Å²) in [6.07, 6.45) is -6.33. The van der Waals surface area contributed by atoms with Crippen molar-refractivity contribution in [1.29, 1.82) is 0 Å². The number of hydrogen-bond donors (Lipinski definition) is 0. The summed E-state index contributed by atoms with van der Waals surface area (Å²) in [4.78, 5) is 6.79. The van der Waals surface area contributed by atoms with Crippen LogP contribution in [-0.2, 0) is 12.7 Å². The van der Waals surface area contributed by atoms with Crippen LogP contribution in [0.3, 0.4) is 0 Å². The monoisotopic (exact) mass is 488 g/mol. The Bertz CT molecular complexity index is 982. The molecule has 4 rings (SSSR count). The van der Waals surface area contributed by atoms with Crippen LogP contribution < -0.4 is 4.74 Å². The van der Waals surface area contributed by atoms with Gasteiger partial charge in [-0.05, 0) is 69.2 Å². The molecule has 2 fully saturated rings. The van der Waals surface area contributed by atoms with Crippen LogP contribution in [0.15, 0.2) is 24.3 Å². The normalized spacial score (nSPS) is 25.0. The summed E-state index contributed by atoms with van der Waals surface area (Å²) in [6.45, 7) is 4.68. The lowest BCUT2D eigenvalue weighted by molar-refractivity contribution is -0.185. The molecule has 1 aliphatic heterocycles. The smallest absolute Gasteiger partial charge is 0.420 e. The highest BCUT2D eigenvalue weighted by Crippen LogP contribution is 2.43. The SMILES string of the molecule is CCC1CCCN(Cc2ccc3c(C(F)(F)F)c(OC4CCC(C(F)(F)F)CC4)ccc3n2)C1. The number of fused-ring (bicyclic) bond motifs is 1. The lowest BCUT2D eigenvalue weighted by Crippen LogP contribution is -2.34. The summed E-state index contributed by atoms with van der Waals surface area (Å²) in [7, 11) is 0. The topological polar surface area (TPSA) is 25.4 Å². The molecule has 1 atom stereocenters. The second-order valence-corrected chi connectivity index (χ2v) is 9.59. The van der Waals surface area contributed by atoms with Gasteiger partial charge in [-0.3, -0.25) is 9.88 Å². The number of aromatic nitrogens is 1. The van der Waals surface area contributed by atoms with Crippen LogP contribution in [0, 0.1) is 11.8 Å². The largest absolute Gasteiger partial charge is 0.490 e. The van der Waals surface area contributed by atoms with Gasteiger partial charge in [0.25, 0.3) is 0 Å². The Kier molecular flexibility index (Phi) is 7.31. The number of rotatable bonds is 5. The quantitative estimate of drug-likeness (QED) is 0.411. The first-order valence-electron chi connectivity index (χ1n) is 12.0. The van der Waals surface area contributed by atoms with Gasteiger partial charge >= 0.3 is 12.4 Å². The van der Waals surface area contributed by atoms with E-state index in [1.807, 2.05) is 0 Å². The first-order chi connectivity index (χ1) is 16.0. The molecule has 188 valence electrons. The van der Waals surface area contributed by atoms with Gasteiger partial charge in [0.05, 0.1) is 23.2 Å². The maximum atomic E-state index is 14.0. The van der Waals surface area contributed by atoms with E-state index in [2.05, 4.69) is 16.8 Å². The number of nitrogens with zero attached hydrogens (tertiary/aromatic N) is 2. The van der Waals surface area contributed by atoms with E-state index >= 15 is 0 Å². The highest BCUT2D eigenvalue weighted by Gasteiger charge is 2.43. The third-order valence-corrected chi connectivity index (χ3v) is 7.17. The molecule has 1 unspecified atom stereocenters. The van der Waals surface area contributed by atoms with E-state index < -0.39 is 29.9 Å². The second kappa shape index (κ2) is 9.91. The first kappa shape index (κ1) is 25.1. The molecule has 1 aromatic heterocycles. The van der Waals surface area contributed by atoms with Crippen molar-refractivity contribution in [2.24, 2.45) is 11.8 Å². The van der Waals surface area contributed by atoms with Gasteiger partial charge in [0, 0.05) is 18.5 Å². The fraction of sp³-hybridized carbons (Fsp3) is 0.640. The Morgan fingerprint density at radius 1 is 0.971 bits per heavy atom. The van der Waals surface area contributed by atoms with Gasteiger partial charge in [-0.15, -0.1) is 0 Å². The molecule has 9 heteroatoms. The molecule has 0 N–H and O–H groups in total.